The van der Waals surface area contributed by atoms with Crippen LogP contribution in [0, 0.1) is 0 Å². The molecule has 2 aromatic rings. The van der Waals surface area contributed by atoms with Crippen LogP contribution in [0.15, 0.2) is 77.7 Å². The molecule has 0 spiro atoms. The summed E-state index contributed by atoms with van der Waals surface area (Å²) in [5.41, 5.74) is 0.402. The fourth-order valence-electron chi connectivity index (χ4n) is 1.11. The van der Waals surface area contributed by atoms with Crippen LogP contribution in [0.5, 0.6) is 5.75 Å². The van der Waals surface area contributed by atoms with Crippen LogP contribution in [0.25, 0.3) is 0 Å². The minimum Gasteiger partial charge on any atom is -0.423 e. The predicted octanol–water partition coefficient (Wildman–Crippen LogP) is 4.14. The van der Waals surface area contributed by atoms with Crippen molar-refractivity contribution in [1.82, 2.24) is 0 Å². The Labute approximate surface area is 119 Å². The van der Waals surface area contributed by atoms with E-state index in [0.717, 1.165) is 4.90 Å². The number of hydrogen-bond donors (Lipinski definition) is 1. The van der Waals surface area contributed by atoms with Crippen molar-refractivity contribution in [3.05, 3.63) is 72.8 Å². The summed E-state index contributed by atoms with van der Waals surface area (Å²) in [5, 5.41) is 0. The topological polar surface area (TPSA) is 26.3 Å². The van der Waals surface area contributed by atoms with Crippen molar-refractivity contribution >= 4 is 18.6 Å². The monoisotopic (exact) mass is 272 g/mol. The van der Waals surface area contributed by atoms with Gasteiger partial charge in [-0.3, -0.25) is 0 Å². The molecular formula is C16H16O2S. The first kappa shape index (κ1) is 15.1. The summed E-state index contributed by atoms with van der Waals surface area (Å²) in [6.07, 6.45) is 0. The van der Waals surface area contributed by atoms with E-state index in [2.05, 4.69) is 19.2 Å². The zero-order chi connectivity index (χ0) is 14.1. The number of carbonyl (C=O) groups excluding carboxylic acids is 1. The molecule has 0 aliphatic heterocycles. The highest BCUT2D eigenvalue weighted by Crippen LogP contribution is 2.09. The smallest absolute Gasteiger partial charge is 0.338 e. The lowest BCUT2D eigenvalue weighted by Crippen LogP contribution is -2.07. The van der Waals surface area contributed by atoms with Crippen LogP contribution >= 0.6 is 12.6 Å². The molecule has 0 N–H and O–H groups in total. The van der Waals surface area contributed by atoms with Gasteiger partial charge in [0.25, 0.3) is 0 Å². The molecule has 0 radical (unpaired) electrons. The Balaban J connectivity index is 0.000000218. The second kappa shape index (κ2) is 8.16. The van der Waals surface area contributed by atoms with E-state index >= 15 is 0 Å². The third kappa shape index (κ3) is 6.48. The Bertz CT molecular complexity index is 521. The quantitative estimate of drug-likeness (QED) is 0.385. The first-order valence-electron chi connectivity index (χ1n) is 5.76. The first-order chi connectivity index (χ1) is 9.09. The number of para-hydroxylation sites is 1. The van der Waals surface area contributed by atoms with E-state index in [-0.39, 0.29) is 5.97 Å². The molecule has 0 heterocycles. The zero-order valence-corrected chi connectivity index (χ0v) is 11.6. The highest BCUT2D eigenvalue weighted by Gasteiger charge is 2.03. The SMILES string of the molecule is C=C(C)C(=O)Oc1ccccc1.Sc1ccccc1. The summed E-state index contributed by atoms with van der Waals surface area (Å²) < 4.78 is 4.94. The minimum atomic E-state index is -0.388. The molecule has 19 heavy (non-hydrogen) atoms. The van der Waals surface area contributed by atoms with Crippen LogP contribution in [0.4, 0.5) is 0 Å². The van der Waals surface area contributed by atoms with E-state index < -0.39 is 0 Å². The number of hydrogen-bond acceptors (Lipinski definition) is 3. The molecule has 0 unspecified atom stereocenters. The number of esters is 1. The highest BCUT2D eigenvalue weighted by atomic mass is 32.1. The fourth-order valence-corrected chi connectivity index (χ4v) is 1.28. The molecule has 2 aromatic carbocycles. The molecule has 2 nitrogen and oxygen atoms in total. The lowest BCUT2D eigenvalue weighted by atomic mass is 10.3. The average Bonchev–Trinajstić information content (AvgIpc) is 2.41. The van der Waals surface area contributed by atoms with Gasteiger partial charge >= 0.3 is 5.97 Å². The predicted molar refractivity (Wildman–Crippen MR) is 80.6 cm³/mol. The summed E-state index contributed by atoms with van der Waals surface area (Å²) >= 11 is 4.08. The number of carbonyl (C=O) groups is 1. The molecule has 0 saturated heterocycles. The minimum absolute atomic E-state index is 0.388. The molecule has 0 aliphatic carbocycles. The summed E-state index contributed by atoms with van der Waals surface area (Å²) in [7, 11) is 0. The van der Waals surface area contributed by atoms with Crippen molar-refractivity contribution in [3.63, 3.8) is 0 Å². The van der Waals surface area contributed by atoms with Gasteiger partial charge in [-0.05, 0) is 31.2 Å². The third-order valence-corrected chi connectivity index (χ3v) is 2.36. The van der Waals surface area contributed by atoms with Crippen LogP contribution in [0.1, 0.15) is 6.92 Å². The van der Waals surface area contributed by atoms with Crippen molar-refractivity contribution in [2.45, 2.75) is 11.8 Å². The number of ether oxygens (including phenoxy) is 1. The number of rotatable bonds is 2. The Hall–Kier alpha value is -2.00. The highest BCUT2D eigenvalue weighted by molar-refractivity contribution is 7.80. The second-order valence-electron chi connectivity index (χ2n) is 3.82. The number of thiol groups is 1. The lowest BCUT2D eigenvalue weighted by Gasteiger charge is -2.01. The Morgan fingerprint density at radius 3 is 1.84 bits per heavy atom. The molecule has 3 heteroatoms. The molecule has 0 saturated carbocycles. The molecular weight excluding hydrogens is 256 g/mol. The summed E-state index contributed by atoms with van der Waals surface area (Å²) in [6, 6.07) is 18.7. The molecule has 0 bridgehead atoms. The summed E-state index contributed by atoms with van der Waals surface area (Å²) in [4.78, 5) is 12.0. The van der Waals surface area contributed by atoms with Crippen molar-refractivity contribution in [3.8, 4) is 5.75 Å². The van der Waals surface area contributed by atoms with Crippen LogP contribution in [-0.2, 0) is 4.79 Å². The average molecular weight is 272 g/mol. The molecule has 0 atom stereocenters. The first-order valence-corrected chi connectivity index (χ1v) is 6.21. The molecule has 0 aromatic heterocycles. The standard InChI is InChI=1S/C10H10O2.C6H6S/c1-8(2)10(11)12-9-6-4-3-5-7-9;7-6-4-2-1-3-5-6/h3-7H,1H2,2H3;1-5,7H. The molecule has 0 amide bonds. The van der Waals surface area contributed by atoms with Crippen molar-refractivity contribution in [1.29, 1.82) is 0 Å². The maximum absolute atomic E-state index is 11.0. The molecule has 0 fully saturated rings. The largest absolute Gasteiger partial charge is 0.423 e. The van der Waals surface area contributed by atoms with Gasteiger partial charge in [-0.2, -0.15) is 0 Å². The van der Waals surface area contributed by atoms with E-state index in [0.29, 0.717) is 11.3 Å². The van der Waals surface area contributed by atoms with Crippen molar-refractivity contribution < 1.29 is 9.53 Å². The van der Waals surface area contributed by atoms with Gasteiger partial charge in [0.1, 0.15) is 5.75 Å². The van der Waals surface area contributed by atoms with E-state index in [1.807, 2.05) is 36.4 Å². The fraction of sp³-hybridized carbons (Fsp3) is 0.0625. The summed E-state index contributed by atoms with van der Waals surface area (Å²) in [5.74, 6) is 0.159. The molecule has 98 valence electrons. The van der Waals surface area contributed by atoms with Gasteiger partial charge in [0.15, 0.2) is 0 Å². The van der Waals surface area contributed by atoms with E-state index in [1.54, 1.807) is 31.2 Å². The third-order valence-electron chi connectivity index (χ3n) is 2.06. The Kier molecular flexibility index (Phi) is 6.47. The normalized spacial score (nSPS) is 8.95. The number of benzene rings is 2. The maximum Gasteiger partial charge on any atom is 0.338 e. The molecule has 0 aliphatic rings. The van der Waals surface area contributed by atoms with E-state index in [9.17, 15) is 4.79 Å². The maximum atomic E-state index is 11.0. The second-order valence-corrected chi connectivity index (χ2v) is 4.33. The Morgan fingerprint density at radius 2 is 1.47 bits per heavy atom. The zero-order valence-electron chi connectivity index (χ0n) is 10.7. The van der Waals surface area contributed by atoms with Gasteiger partial charge in [0.05, 0.1) is 0 Å². The van der Waals surface area contributed by atoms with Gasteiger partial charge in [-0.1, -0.05) is 43.0 Å². The van der Waals surface area contributed by atoms with Crippen molar-refractivity contribution in [2.24, 2.45) is 0 Å². The van der Waals surface area contributed by atoms with Gasteiger partial charge < -0.3 is 4.74 Å². The van der Waals surface area contributed by atoms with Crippen LogP contribution in [-0.4, -0.2) is 5.97 Å². The van der Waals surface area contributed by atoms with Gasteiger partial charge in [0.2, 0.25) is 0 Å². The van der Waals surface area contributed by atoms with Crippen LogP contribution in [0.2, 0.25) is 0 Å². The van der Waals surface area contributed by atoms with Gasteiger partial charge in [-0.25, -0.2) is 4.79 Å². The van der Waals surface area contributed by atoms with Gasteiger partial charge in [0, 0.05) is 10.5 Å². The van der Waals surface area contributed by atoms with E-state index in [4.69, 9.17) is 4.74 Å². The van der Waals surface area contributed by atoms with E-state index in [1.165, 1.54) is 0 Å². The van der Waals surface area contributed by atoms with Crippen molar-refractivity contribution in [2.75, 3.05) is 0 Å². The molecule has 2 rings (SSSR count). The lowest BCUT2D eigenvalue weighted by molar-refractivity contribution is -0.130. The van der Waals surface area contributed by atoms with Crippen LogP contribution in [0.3, 0.4) is 0 Å². The van der Waals surface area contributed by atoms with Gasteiger partial charge in [-0.15, -0.1) is 12.6 Å². The summed E-state index contributed by atoms with van der Waals surface area (Å²) in [6.45, 7) is 5.09. The van der Waals surface area contributed by atoms with Crippen LogP contribution < -0.4 is 4.74 Å². The Morgan fingerprint density at radius 1 is 1.00 bits per heavy atom.